The van der Waals surface area contributed by atoms with Crippen molar-refractivity contribution in [3.05, 3.63) is 66.5 Å². The Morgan fingerprint density at radius 1 is 1.20 bits per heavy atom. The summed E-state index contributed by atoms with van der Waals surface area (Å²) >= 11 is 0. The molecule has 11 heteroatoms. The van der Waals surface area contributed by atoms with Gasteiger partial charge in [0, 0.05) is 30.7 Å². The lowest BCUT2D eigenvalue weighted by atomic mass is 9.96. The molecule has 0 bridgehead atoms. The first-order valence-corrected chi connectivity index (χ1v) is 13.5. The molecule has 1 atom stereocenters. The van der Waals surface area contributed by atoms with Crippen LogP contribution in [0.3, 0.4) is 0 Å². The molecule has 0 radical (unpaired) electrons. The predicted molar refractivity (Wildman–Crippen MR) is 150 cm³/mol. The third-order valence-corrected chi connectivity index (χ3v) is 7.62. The minimum Gasteiger partial charge on any atom is -0.363 e. The standard InChI is InChI=1S/C29H32N8O3/c1-5-21(38)37-15-11-19(16-37)31-24-22-20(10-14-30-23(22)34-35-24)17-6-8-18(9-7-17)29(12-13-29)33-25(39)26-32-27(36-40-26)28(2,3)4/h5-10,14,19H,1,11-13,15-16H2,2-4H3,(H,33,39)(H2,30,31,34,35)/t19-/m1/s1. The van der Waals surface area contributed by atoms with E-state index in [-0.39, 0.29) is 29.2 Å². The van der Waals surface area contributed by atoms with Crippen molar-refractivity contribution in [3.8, 4) is 11.1 Å². The Kier molecular flexibility index (Phi) is 6.16. The molecule has 0 spiro atoms. The normalized spacial score (nSPS) is 18.1. The highest BCUT2D eigenvalue weighted by Gasteiger charge is 2.46. The molecule has 1 saturated carbocycles. The Labute approximate surface area is 231 Å². The zero-order valence-corrected chi connectivity index (χ0v) is 22.8. The SMILES string of the molecule is C=CC(=O)N1CC[C@@H](Nc2n[nH]c3nccc(-c4ccc(C5(NC(=O)c6nc(C(C)(C)C)no6)CC5)cc4)c23)C1. The first-order valence-electron chi connectivity index (χ1n) is 13.5. The van der Waals surface area contributed by atoms with Gasteiger partial charge in [0.05, 0.1) is 10.9 Å². The van der Waals surface area contributed by atoms with Crippen molar-refractivity contribution in [2.75, 3.05) is 18.4 Å². The van der Waals surface area contributed by atoms with Crippen molar-refractivity contribution >= 4 is 28.7 Å². The smallest absolute Gasteiger partial charge is 0.315 e. The molecule has 1 aromatic carbocycles. The van der Waals surface area contributed by atoms with Crippen LogP contribution in [0.2, 0.25) is 0 Å². The highest BCUT2D eigenvalue weighted by molar-refractivity contribution is 6.00. The lowest BCUT2D eigenvalue weighted by molar-refractivity contribution is -0.125. The number of carbonyl (C=O) groups is 2. The number of hydrogen-bond acceptors (Lipinski definition) is 8. The highest BCUT2D eigenvalue weighted by Crippen LogP contribution is 2.46. The molecule has 1 aliphatic heterocycles. The molecule has 2 fully saturated rings. The summed E-state index contributed by atoms with van der Waals surface area (Å²) in [6.45, 7) is 10.8. The van der Waals surface area contributed by atoms with E-state index in [1.807, 2.05) is 39.0 Å². The molecule has 2 amide bonds. The van der Waals surface area contributed by atoms with Crippen LogP contribution in [0.1, 0.15) is 62.1 Å². The Bertz CT molecular complexity index is 1590. The number of carbonyl (C=O) groups excluding carboxylic acids is 2. The molecule has 3 aromatic heterocycles. The third-order valence-electron chi connectivity index (χ3n) is 7.62. The van der Waals surface area contributed by atoms with Gasteiger partial charge in [-0.2, -0.15) is 10.1 Å². The van der Waals surface area contributed by atoms with Gasteiger partial charge in [-0.25, -0.2) is 4.98 Å². The number of aromatic nitrogens is 5. The molecule has 206 valence electrons. The summed E-state index contributed by atoms with van der Waals surface area (Å²) in [6, 6.07) is 10.3. The molecule has 4 heterocycles. The van der Waals surface area contributed by atoms with Gasteiger partial charge in [0.15, 0.2) is 17.3 Å². The van der Waals surface area contributed by atoms with E-state index in [4.69, 9.17) is 4.52 Å². The molecule has 40 heavy (non-hydrogen) atoms. The summed E-state index contributed by atoms with van der Waals surface area (Å²) in [6.07, 6.45) is 5.60. The van der Waals surface area contributed by atoms with E-state index in [0.29, 0.717) is 30.4 Å². The van der Waals surface area contributed by atoms with Gasteiger partial charge in [-0.05, 0) is 48.1 Å². The minimum absolute atomic E-state index is 0.0220. The van der Waals surface area contributed by atoms with Crippen molar-refractivity contribution in [1.29, 1.82) is 0 Å². The van der Waals surface area contributed by atoms with Gasteiger partial charge in [-0.15, -0.1) is 0 Å². The topological polar surface area (TPSA) is 142 Å². The molecule has 6 rings (SSSR count). The third kappa shape index (κ3) is 4.72. The number of nitrogens with one attached hydrogen (secondary N) is 3. The summed E-state index contributed by atoms with van der Waals surface area (Å²) < 4.78 is 5.24. The van der Waals surface area contributed by atoms with Crippen LogP contribution in [-0.4, -0.2) is 61.2 Å². The van der Waals surface area contributed by atoms with Gasteiger partial charge in [0.25, 0.3) is 0 Å². The van der Waals surface area contributed by atoms with Crippen molar-refractivity contribution in [2.45, 2.75) is 57.0 Å². The fourth-order valence-corrected chi connectivity index (χ4v) is 5.17. The number of anilines is 1. The van der Waals surface area contributed by atoms with Gasteiger partial charge in [-0.1, -0.05) is 56.8 Å². The van der Waals surface area contributed by atoms with E-state index in [1.165, 1.54) is 6.08 Å². The second-order valence-corrected chi connectivity index (χ2v) is 11.6. The molecule has 0 unspecified atom stereocenters. The van der Waals surface area contributed by atoms with Gasteiger partial charge in [0.2, 0.25) is 5.91 Å². The van der Waals surface area contributed by atoms with Crippen LogP contribution in [-0.2, 0) is 15.7 Å². The molecule has 2 aliphatic rings. The summed E-state index contributed by atoms with van der Waals surface area (Å²) in [7, 11) is 0. The highest BCUT2D eigenvalue weighted by atomic mass is 16.5. The molecule has 1 aliphatic carbocycles. The van der Waals surface area contributed by atoms with Crippen LogP contribution in [0.25, 0.3) is 22.2 Å². The maximum atomic E-state index is 12.9. The number of hydrogen-bond donors (Lipinski definition) is 3. The predicted octanol–water partition coefficient (Wildman–Crippen LogP) is 3.92. The average Bonchev–Trinajstić information content (AvgIpc) is 3.33. The second kappa shape index (κ2) is 9.58. The molecule has 1 saturated heterocycles. The fourth-order valence-electron chi connectivity index (χ4n) is 5.17. The van der Waals surface area contributed by atoms with Gasteiger partial charge < -0.3 is 20.1 Å². The number of aromatic amines is 1. The number of nitrogens with zero attached hydrogens (tertiary/aromatic N) is 5. The number of fused-ring (bicyclic) bond motifs is 1. The van der Waals surface area contributed by atoms with Crippen LogP contribution in [0, 0.1) is 0 Å². The summed E-state index contributed by atoms with van der Waals surface area (Å²) in [4.78, 5) is 35.5. The largest absolute Gasteiger partial charge is 0.363 e. The van der Waals surface area contributed by atoms with E-state index >= 15 is 0 Å². The second-order valence-electron chi connectivity index (χ2n) is 11.6. The fraction of sp³-hybridized carbons (Fsp3) is 0.379. The maximum absolute atomic E-state index is 12.9. The number of likely N-dealkylation sites (tertiary alicyclic amines) is 1. The molecular formula is C29H32N8O3. The number of pyridine rings is 1. The lowest BCUT2D eigenvalue weighted by Crippen LogP contribution is -2.35. The first kappa shape index (κ1) is 25.7. The van der Waals surface area contributed by atoms with Crippen molar-refractivity contribution in [2.24, 2.45) is 0 Å². The van der Waals surface area contributed by atoms with Crippen LogP contribution in [0.5, 0.6) is 0 Å². The van der Waals surface area contributed by atoms with Crippen LogP contribution < -0.4 is 10.6 Å². The first-order chi connectivity index (χ1) is 19.2. The van der Waals surface area contributed by atoms with Gasteiger partial charge in [-0.3, -0.25) is 14.7 Å². The minimum atomic E-state index is -0.445. The quantitative estimate of drug-likeness (QED) is 0.300. The molecule has 11 nitrogen and oxygen atoms in total. The van der Waals surface area contributed by atoms with Gasteiger partial charge >= 0.3 is 11.8 Å². The summed E-state index contributed by atoms with van der Waals surface area (Å²) in [5.74, 6) is 0.760. The Morgan fingerprint density at radius 3 is 2.65 bits per heavy atom. The van der Waals surface area contributed by atoms with Crippen molar-refractivity contribution < 1.29 is 14.1 Å². The van der Waals surface area contributed by atoms with Crippen molar-refractivity contribution in [3.63, 3.8) is 0 Å². The Hall–Kier alpha value is -4.54. The van der Waals surface area contributed by atoms with Crippen LogP contribution in [0.4, 0.5) is 5.82 Å². The van der Waals surface area contributed by atoms with E-state index in [2.05, 4.69) is 54.7 Å². The average molecular weight is 541 g/mol. The van der Waals surface area contributed by atoms with Crippen LogP contribution >= 0.6 is 0 Å². The van der Waals surface area contributed by atoms with E-state index in [0.717, 1.165) is 41.3 Å². The number of amides is 2. The number of benzene rings is 1. The Morgan fingerprint density at radius 2 is 1.98 bits per heavy atom. The number of rotatable bonds is 7. The Balaban J connectivity index is 1.21. The van der Waals surface area contributed by atoms with Gasteiger partial charge in [0.1, 0.15) is 0 Å². The lowest BCUT2D eigenvalue weighted by Gasteiger charge is -2.18. The van der Waals surface area contributed by atoms with E-state index in [9.17, 15) is 9.59 Å². The molecule has 4 aromatic rings. The van der Waals surface area contributed by atoms with Crippen LogP contribution in [0.15, 0.2) is 53.7 Å². The van der Waals surface area contributed by atoms with Crippen molar-refractivity contribution in [1.82, 2.24) is 35.5 Å². The maximum Gasteiger partial charge on any atom is 0.315 e. The summed E-state index contributed by atoms with van der Waals surface area (Å²) in [5, 5.41) is 19.0. The molecule has 3 N–H and O–H groups in total. The zero-order chi connectivity index (χ0) is 28.1. The van der Waals surface area contributed by atoms with E-state index < -0.39 is 5.54 Å². The number of H-pyrrole nitrogens is 1. The molecular weight excluding hydrogens is 508 g/mol. The monoisotopic (exact) mass is 540 g/mol. The zero-order valence-electron chi connectivity index (χ0n) is 22.8. The van der Waals surface area contributed by atoms with E-state index in [1.54, 1.807) is 11.1 Å². The summed E-state index contributed by atoms with van der Waals surface area (Å²) in [5.41, 5.74) is 2.94.